The van der Waals surface area contributed by atoms with E-state index in [1.807, 2.05) is 0 Å². The van der Waals surface area contributed by atoms with Gasteiger partial charge in [0.2, 0.25) is 0 Å². The molecule has 1 aromatic rings. The van der Waals surface area contributed by atoms with Crippen molar-refractivity contribution in [2.45, 2.75) is 39.2 Å². The van der Waals surface area contributed by atoms with Crippen molar-refractivity contribution in [1.82, 2.24) is 5.32 Å². The largest absolute Gasteiger partial charge is 0.381 e. The number of hydrogen-bond acceptors (Lipinski definition) is 2. The fourth-order valence-corrected chi connectivity index (χ4v) is 2.77. The van der Waals surface area contributed by atoms with Crippen molar-refractivity contribution in [3.63, 3.8) is 0 Å². The second kappa shape index (κ2) is 6.91. The lowest BCUT2D eigenvalue weighted by Crippen LogP contribution is -2.28. The summed E-state index contributed by atoms with van der Waals surface area (Å²) < 4.78 is 5.53. The van der Waals surface area contributed by atoms with Gasteiger partial charge in [-0.3, -0.25) is 0 Å². The second-order valence-corrected chi connectivity index (χ2v) is 5.15. The van der Waals surface area contributed by atoms with Crippen molar-refractivity contribution in [1.29, 1.82) is 0 Å². The van der Waals surface area contributed by atoms with E-state index in [9.17, 15) is 0 Å². The average Bonchev–Trinajstić information content (AvgIpc) is 2.91. The molecule has 1 fully saturated rings. The SMILES string of the molecule is CCCc1ccc(C(NCC)C2CCOC2)cc1. The van der Waals surface area contributed by atoms with Crippen LogP contribution in [0.4, 0.5) is 0 Å². The van der Waals surface area contributed by atoms with Crippen LogP contribution in [0.1, 0.15) is 43.9 Å². The van der Waals surface area contributed by atoms with Gasteiger partial charge in [-0.05, 0) is 30.5 Å². The van der Waals surface area contributed by atoms with Gasteiger partial charge >= 0.3 is 0 Å². The van der Waals surface area contributed by atoms with E-state index in [0.29, 0.717) is 12.0 Å². The lowest BCUT2D eigenvalue weighted by molar-refractivity contribution is 0.177. The summed E-state index contributed by atoms with van der Waals surface area (Å²) in [5.74, 6) is 0.627. The van der Waals surface area contributed by atoms with E-state index in [1.54, 1.807) is 0 Å². The molecule has 2 unspecified atom stereocenters. The molecule has 18 heavy (non-hydrogen) atoms. The molecule has 1 saturated heterocycles. The van der Waals surface area contributed by atoms with Crippen molar-refractivity contribution in [3.8, 4) is 0 Å². The van der Waals surface area contributed by atoms with Crippen LogP contribution in [0.25, 0.3) is 0 Å². The predicted octanol–water partition coefficient (Wildman–Crippen LogP) is 3.33. The van der Waals surface area contributed by atoms with E-state index in [1.165, 1.54) is 30.4 Å². The van der Waals surface area contributed by atoms with Gasteiger partial charge in [-0.1, -0.05) is 44.5 Å². The third-order valence-corrected chi connectivity index (χ3v) is 3.74. The van der Waals surface area contributed by atoms with Crippen LogP contribution in [0.2, 0.25) is 0 Å². The maximum atomic E-state index is 5.53. The van der Waals surface area contributed by atoms with E-state index in [4.69, 9.17) is 4.74 Å². The second-order valence-electron chi connectivity index (χ2n) is 5.15. The van der Waals surface area contributed by atoms with Crippen molar-refractivity contribution < 1.29 is 4.74 Å². The Hall–Kier alpha value is -0.860. The lowest BCUT2D eigenvalue weighted by atomic mass is 9.91. The first-order valence-corrected chi connectivity index (χ1v) is 7.25. The summed E-state index contributed by atoms with van der Waals surface area (Å²) in [6.45, 7) is 7.23. The molecule has 0 bridgehead atoms. The highest BCUT2D eigenvalue weighted by Crippen LogP contribution is 2.29. The Labute approximate surface area is 111 Å². The molecule has 2 nitrogen and oxygen atoms in total. The highest BCUT2D eigenvalue weighted by molar-refractivity contribution is 5.26. The number of nitrogens with one attached hydrogen (secondary N) is 1. The van der Waals surface area contributed by atoms with Gasteiger partial charge in [0.05, 0.1) is 6.61 Å². The van der Waals surface area contributed by atoms with E-state index < -0.39 is 0 Å². The van der Waals surface area contributed by atoms with Crippen LogP contribution in [-0.2, 0) is 11.2 Å². The van der Waals surface area contributed by atoms with Crippen LogP contribution < -0.4 is 5.32 Å². The van der Waals surface area contributed by atoms with Gasteiger partial charge in [0.15, 0.2) is 0 Å². The average molecular weight is 247 g/mol. The highest BCUT2D eigenvalue weighted by Gasteiger charge is 2.26. The normalized spacial score (nSPS) is 21.1. The minimum Gasteiger partial charge on any atom is -0.381 e. The fourth-order valence-electron chi connectivity index (χ4n) is 2.77. The third kappa shape index (κ3) is 3.33. The monoisotopic (exact) mass is 247 g/mol. The van der Waals surface area contributed by atoms with Crippen LogP contribution in [0, 0.1) is 5.92 Å². The lowest BCUT2D eigenvalue weighted by Gasteiger charge is -2.24. The number of hydrogen-bond donors (Lipinski definition) is 1. The highest BCUT2D eigenvalue weighted by atomic mass is 16.5. The van der Waals surface area contributed by atoms with Gasteiger partial charge in [-0.25, -0.2) is 0 Å². The molecule has 0 radical (unpaired) electrons. The van der Waals surface area contributed by atoms with Crippen molar-refractivity contribution in [3.05, 3.63) is 35.4 Å². The molecule has 0 spiro atoms. The van der Waals surface area contributed by atoms with Crippen LogP contribution in [0.5, 0.6) is 0 Å². The quantitative estimate of drug-likeness (QED) is 0.832. The summed E-state index contributed by atoms with van der Waals surface area (Å²) >= 11 is 0. The molecular formula is C16H25NO. The molecule has 0 saturated carbocycles. The van der Waals surface area contributed by atoms with E-state index in [0.717, 1.165) is 19.8 Å². The summed E-state index contributed by atoms with van der Waals surface area (Å²) in [4.78, 5) is 0. The zero-order valence-corrected chi connectivity index (χ0v) is 11.6. The summed E-state index contributed by atoms with van der Waals surface area (Å²) in [7, 11) is 0. The summed E-state index contributed by atoms with van der Waals surface area (Å²) in [6.07, 6.45) is 3.57. The third-order valence-electron chi connectivity index (χ3n) is 3.74. The Kier molecular flexibility index (Phi) is 5.21. The predicted molar refractivity (Wildman–Crippen MR) is 75.8 cm³/mol. The Balaban J connectivity index is 2.09. The number of aryl methyl sites for hydroxylation is 1. The van der Waals surface area contributed by atoms with Crippen LogP contribution in [-0.4, -0.2) is 19.8 Å². The Morgan fingerprint density at radius 3 is 2.61 bits per heavy atom. The number of rotatable bonds is 6. The molecule has 0 aliphatic carbocycles. The summed E-state index contributed by atoms with van der Waals surface area (Å²) in [6, 6.07) is 9.58. The number of benzene rings is 1. The Morgan fingerprint density at radius 1 is 1.28 bits per heavy atom. The van der Waals surface area contributed by atoms with Crippen molar-refractivity contribution >= 4 is 0 Å². The van der Waals surface area contributed by atoms with Gasteiger partial charge in [0.25, 0.3) is 0 Å². The van der Waals surface area contributed by atoms with E-state index in [2.05, 4.69) is 43.4 Å². The molecule has 100 valence electrons. The molecule has 0 amide bonds. The van der Waals surface area contributed by atoms with Gasteiger partial charge < -0.3 is 10.1 Å². The Morgan fingerprint density at radius 2 is 2.06 bits per heavy atom. The molecule has 2 rings (SSSR count). The first-order chi connectivity index (χ1) is 8.85. The molecule has 1 aliphatic rings. The Bertz CT molecular complexity index is 341. The van der Waals surface area contributed by atoms with E-state index >= 15 is 0 Å². The minimum absolute atomic E-state index is 0.452. The topological polar surface area (TPSA) is 21.3 Å². The smallest absolute Gasteiger partial charge is 0.0513 e. The van der Waals surface area contributed by atoms with Gasteiger partial charge in [0, 0.05) is 18.6 Å². The van der Waals surface area contributed by atoms with Gasteiger partial charge in [-0.2, -0.15) is 0 Å². The van der Waals surface area contributed by atoms with Gasteiger partial charge in [0.1, 0.15) is 0 Å². The zero-order valence-electron chi connectivity index (χ0n) is 11.6. The minimum atomic E-state index is 0.452. The van der Waals surface area contributed by atoms with Crippen LogP contribution in [0.3, 0.4) is 0 Å². The van der Waals surface area contributed by atoms with Crippen molar-refractivity contribution in [2.24, 2.45) is 5.92 Å². The summed E-state index contributed by atoms with van der Waals surface area (Å²) in [5, 5.41) is 3.61. The molecule has 1 heterocycles. The molecule has 1 aromatic carbocycles. The maximum absolute atomic E-state index is 5.53. The fraction of sp³-hybridized carbons (Fsp3) is 0.625. The molecule has 2 atom stereocenters. The van der Waals surface area contributed by atoms with Crippen LogP contribution in [0.15, 0.2) is 24.3 Å². The maximum Gasteiger partial charge on any atom is 0.0513 e. The first-order valence-electron chi connectivity index (χ1n) is 7.25. The standard InChI is InChI=1S/C16H25NO/c1-3-5-13-6-8-14(9-7-13)16(17-4-2)15-10-11-18-12-15/h6-9,15-17H,3-5,10-12H2,1-2H3. The molecule has 2 heteroatoms. The van der Waals surface area contributed by atoms with Crippen molar-refractivity contribution in [2.75, 3.05) is 19.8 Å². The van der Waals surface area contributed by atoms with Gasteiger partial charge in [-0.15, -0.1) is 0 Å². The molecule has 1 aliphatic heterocycles. The molecule has 0 aromatic heterocycles. The summed E-state index contributed by atoms with van der Waals surface area (Å²) in [5.41, 5.74) is 2.85. The molecular weight excluding hydrogens is 222 g/mol. The molecule has 1 N–H and O–H groups in total. The zero-order chi connectivity index (χ0) is 12.8. The first kappa shape index (κ1) is 13.6. The van der Waals surface area contributed by atoms with E-state index in [-0.39, 0.29) is 0 Å². The number of ether oxygens (including phenoxy) is 1. The van der Waals surface area contributed by atoms with Crippen LogP contribution >= 0.6 is 0 Å².